The van der Waals surface area contributed by atoms with E-state index in [0.717, 1.165) is 5.56 Å². The van der Waals surface area contributed by atoms with Crippen molar-refractivity contribution >= 4 is 11.7 Å². The molecule has 0 saturated carbocycles. The quantitative estimate of drug-likeness (QED) is 0.723. The summed E-state index contributed by atoms with van der Waals surface area (Å²) in [6, 6.07) is 3.73. The zero-order chi connectivity index (χ0) is 8.97. The van der Waals surface area contributed by atoms with Gasteiger partial charge in [-0.3, -0.25) is 4.79 Å². The number of aromatic nitrogens is 1. The van der Waals surface area contributed by atoms with Crippen LogP contribution in [-0.4, -0.2) is 10.9 Å². The van der Waals surface area contributed by atoms with Gasteiger partial charge in [-0.05, 0) is 24.6 Å². The number of rotatable bonds is 2. The molecule has 1 heterocycles. The number of carbonyl (C=O) groups is 1. The van der Waals surface area contributed by atoms with Crippen LogP contribution in [-0.2, 0) is 4.79 Å². The molecule has 1 aromatic heterocycles. The molecule has 1 aromatic rings. The van der Waals surface area contributed by atoms with Crippen LogP contribution in [0.25, 0.3) is 0 Å². The zero-order valence-electron chi connectivity index (χ0n) is 7.29. The van der Waals surface area contributed by atoms with Gasteiger partial charge >= 0.3 is 0 Å². The number of aryl methyl sites for hydroxylation is 1. The largest absolute Gasteiger partial charge is 0.311 e. The normalized spacial score (nSPS) is 9.50. The summed E-state index contributed by atoms with van der Waals surface area (Å²) in [5, 5.41) is 2.68. The van der Waals surface area contributed by atoms with Gasteiger partial charge < -0.3 is 5.32 Å². The van der Waals surface area contributed by atoms with Crippen molar-refractivity contribution in [3.63, 3.8) is 0 Å². The third kappa shape index (κ3) is 2.34. The van der Waals surface area contributed by atoms with Crippen LogP contribution in [0.3, 0.4) is 0 Å². The monoisotopic (exact) mass is 164 g/mol. The third-order valence-corrected chi connectivity index (χ3v) is 1.50. The molecule has 0 unspecified atom stereocenters. The molecule has 0 spiro atoms. The van der Waals surface area contributed by atoms with Gasteiger partial charge in [0, 0.05) is 12.6 Å². The lowest BCUT2D eigenvalue weighted by Crippen LogP contribution is -2.10. The van der Waals surface area contributed by atoms with E-state index in [4.69, 9.17) is 0 Å². The van der Waals surface area contributed by atoms with Crippen LogP contribution in [0.15, 0.2) is 18.3 Å². The van der Waals surface area contributed by atoms with Crippen molar-refractivity contribution < 1.29 is 4.79 Å². The molecule has 0 aliphatic heterocycles. The van der Waals surface area contributed by atoms with E-state index in [2.05, 4.69) is 10.3 Å². The van der Waals surface area contributed by atoms with Gasteiger partial charge in [0.2, 0.25) is 5.91 Å². The van der Waals surface area contributed by atoms with E-state index in [0.29, 0.717) is 12.2 Å². The van der Waals surface area contributed by atoms with E-state index in [1.54, 1.807) is 6.20 Å². The van der Waals surface area contributed by atoms with E-state index >= 15 is 0 Å². The van der Waals surface area contributed by atoms with E-state index in [-0.39, 0.29) is 5.91 Å². The Kier molecular flexibility index (Phi) is 2.80. The third-order valence-electron chi connectivity index (χ3n) is 1.50. The maximum atomic E-state index is 10.9. The lowest BCUT2D eigenvalue weighted by atomic mass is 10.3. The molecule has 0 fully saturated rings. The second-order valence-electron chi connectivity index (χ2n) is 2.62. The number of hydrogen-bond donors (Lipinski definition) is 1. The van der Waals surface area contributed by atoms with Crippen molar-refractivity contribution in [1.82, 2.24) is 4.98 Å². The highest BCUT2D eigenvalue weighted by atomic mass is 16.1. The first-order valence-corrected chi connectivity index (χ1v) is 3.95. The molecule has 0 aromatic carbocycles. The van der Waals surface area contributed by atoms with Crippen molar-refractivity contribution in [2.24, 2.45) is 0 Å². The lowest BCUT2D eigenvalue weighted by molar-refractivity contribution is -0.115. The number of hydrogen-bond acceptors (Lipinski definition) is 2. The summed E-state index contributed by atoms with van der Waals surface area (Å²) in [5.41, 5.74) is 1.09. The van der Waals surface area contributed by atoms with Crippen LogP contribution in [0, 0.1) is 6.92 Å². The molecule has 3 heteroatoms. The highest BCUT2D eigenvalue weighted by Crippen LogP contribution is 2.04. The summed E-state index contributed by atoms with van der Waals surface area (Å²) in [6.45, 7) is 3.77. The summed E-state index contributed by atoms with van der Waals surface area (Å²) in [4.78, 5) is 14.9. The van der Waals surface area contributed by atoms with Gasteiger partial charge in [-0.15, -0.1) is 0 Å². The Morgan fingerprint density at radius 1 is 1.67 bits per heavy atom. The van der Waals surface area contributed by atoms with Gasteiger partial charge in [0.25, 0.3) is 0 Å². The van der Waals surface area contributed by atoms with Crippen LogP contribution in [0.1, 0.15) is 18.9 Å². The van der Waals surface area contributed by atoms with Gasteiger partial charge in [-0.1, -0.05) is 6.92 Å². The zero-order valence-corrected chi connectivity index (χ0v) is 7.29. The predicted octanol–water partition coefficient (Wildman–Crippen LogP) is 1.74. The van der Waals surface area contributed by atoms with Crippen molar-refractivity contribution in [2.75, 3.05) is 5.32 Å². The lowest BCUT2D eigenvalue weighted by Gasteiger charge is -2.01. The summed E-state index contributed by atoms with van der Waals surface area (Å²) in [6.07, 6.45) is 2.16. The van der Waals surface area contributed by atoms with Crippen molar-refractivity contribution in [1.29, 1.82) is 0 Å². The van der Waals surface area contributed by atoms with Crippen LogP contribution < -0.4 is 5.32 Å². The summed E-state index contributed by atoms with van der Waals surface area (Å²) >= 11 is 0. The van der Waals surface area contributed by atoms with Crippen molar-refractivity contribution in [3.8, 4) is 0 Å². The predicted molar refractivity (Wildman–Crippen MR) is 47.9 cm³/mol. The van der Waals surface area contributed by atoms with E-state index in [9.17, 15) is 4.79 Å². The number of pyridine rings is 1. The average molecular weight is 164 g/mol. The van der Waals surface area contributed by atoms with Gasteiger partial charge in [-0.2, -0.15) is 0 Å². The Morgan fingerprint density at radius 2 is 2.42 bits per heavy atom. The fourth-order valence-corrected chi connectivity index (χ4v) is 0.836. The first-order chi connectivity index (χ1) is 5.72. The van der Waals surface area contributed by atoms with Crippen LogP contribution in [0.5, 0.6) is 0 Å². The molecule has 0 radical (unpaired) electrons. The fourth-order valence-electron chi connectivity index (χ4n) is 0.836. The Balaban J connectivity index is 2.69. The van der Waals surface area contributed by atoms with Gasteiger partial charge in [0.15, 0.2) is 0 Å². The Labute approximate surface area is 71.8 Å². The second-order valence-corrected chi connectivity index (χ2v) is 2.62. The average Bonchev–Trinajstić information content (AvgIpc) is 2.04. The van der Waals surface area contributed by atoms with E-state index in [1.807, 2.05) is 26.0 Å². The maximum absolute atomic E-state index is 10.9. The number of anilines is 1. The van der Waals surface area contributed by atoms with Crippen LogP contribution in [0.2, 0.25) is 0 Å². The molecule has 0 saturated heterocycles. The number of nitrogens with one attached hydrogen (secondary N) is 1. The number of amides is 1. The molecule has 1 amide bonds. The first kappa shape index (κ1) is 8.71. The SMILES string of the molecule is CCC(=O)Nc1cc(C)ccn1. The molecule has 0 aliphatic rings. The van der Waals surface area contributed by atoms with Gasteiger partial charge in [-0.25, -0.2) is 4.98 Å². The van der Waals surface area contributed by atoms with Gasteiger partial charge in [0.05, 0.1) is 0 Å². The first-order valence-electron chi connectivity index (χ1n) is 3.95. The highest BCUT2D eigenvalue weighted by Gasteiger charge is 1.98. The minimum atomic E-state index is -0.00639. The molecule has 3 nitrogen and oxygen atoms in total. The minimum Gasteiger partial charge on any atom is -0.311 e. The Bertz CT molecular complexity index is 284. The molecule has 0 aliphatic carbocycles. The second kappa shape index (κ2) is 3.85. The molecule has 0 atom stereocenters. The van der Waals surface area contributed by atoms with Gasteiger partial charge in [0.1, 0.15) is 5.82 Å². The smallest absolute Gasteiger partial charge is 0.225 e. The molecule has 0 bridgehead atoms. The Morgan fingerprint density at radius 3 is 3.00 bits per heavy atom. The molecule has 1 N–H and O–H groups in total. The standard InChI is InChI=1S/C9H12N2O/c1-3-9(12)11-8-6-7(2)4-5-10-8/h4-6H,3H2,1-2H3,(H,10,11,12). The number of nitrogens with zero attached hydrogens (tertiary/aromatic N) is 1. The Hall–Kier alpha value is -1.38. The summed E-state index contributed by atoms with van der Waals surface area (Å²) in [7, 11) is 0. The summed E-state index contributed by atoms with van der Waals surface area (Å²) < 4.78 is 0. The maximum Gasteiger partial charge on any atom is 0.225 e. The van der Waals surface area contributed by atoms with Crippen molar-refractivity contribution in [2.45, 2.75) is 20.3 Å². The highest BCUT2D eigenvalue weighted by molar-refractivity contribution is 5.89. The van der Waals surface area contributed by atoms with E-state index in [1.165, 1.54) is 0 Å². The van der Waals surface area contributed by atoms with Crippen LogP contribution >= 0.6 is 0 Å². The number of carbonyl (C=O) groups excluding carboxylic acids is 1. The molecule has 64 valence electrons. The molecular weight excluding hydrogens is 152 g/mol. The fraction of sp³-hybridized carbons (Fsp3) is 0.333. The summed E-state index contributed by atoms with van der Waals surface area (Å²) in [5.74, 6) is 0.620. The van der Waals surface area contributed by atoms with E-state index < -0.39 is 0 Å². The minimum absolute atomic E-state index is 0.00639. The molecular formula is C9H12N2O. The topological polar surface area (TPSA) is 42.0 Å². The van der Waals surface area contributed by atoms with Crippen LogP contribution in [0.4, 0.5) is 5.82 Å². The van der Waals surface area contributed by atoms with Crippen molar-refractivity contribution in [3.05, 3.63) is 23.9 Å². The molecule has 12 heavy (non-hydrogen) atoms. The molecule has 1 rings (SSSR count).